The predicted octanol–water partition coefficient (Wildman–Crippen LogP) is 4.26. The monoisotopic (exact) mass is 396 g/mol. The molecular weight excluding hydrogens is 372 g/mol. The first-order valence-electron chi connectivity index (χ1n) is 7.74. The highest BCUT2D eigenvalue weighted by Gasteiger charge is 2.01. The predicted molar refractivity (Wildman–Crippen MR) is 101 cm³/mol. The Kier molecular flexibility index (Phi) is 18.5. The molecule has 0 fully saturated rings. The Morgan fingerprint density at radius 1 is 0.750 bits per heavy atom. The van der Waals surface area contributed by atoms with E-state index in [1.165, 1.54) is 18.2 Å². The van der Waals surface area contributed by atoms with Gasteiger partial charge < -0.3 is 29.2 Å². The van der Waals surface area contributed by atoms with E-state index in [9.17, 15) is 14.4 Å². The SMILES string of the molecule is C=CCOC(=O)O.C=CCOC(=O)O.C=CCOC(=O)OCc1ccccc1. The minimum absolute atomic E-state index is 0.0648. The van der Waals surface area contributed by atoms with Crippen molar-refractivity contribution in [2.45, 2.75) is 6.61 Å². The van der Waals surface area contributed by atoms with Gasteiger partial charge in [-0.1, -0.05) is 68.3 Å². The summed E-state index contributed by atoms with van der Waals surface area (Å²) < 4.78 is 17.4. The van der Waals surface area contributed by atoms with E-state index < -0.39 is 18.5 Å². The first-order chi connectivity index (χ1) is 13.4. The van der Waals surface area contributed by atoms with Gasteiger partial charge >= 0.3 is 18.5 Å². The molecule has 1 rings (SSSR count). The molecule has 9 nitrogen and oxygen atoms in total. The second kappa shape index (κ2) is 19.6. The maximum atomic E-state index is 10.9. The van der Waals surface area contributed by atoms with Crippen LogP contribution in [-0.4, -0.2) is 48.5 Å². The lowest BCUT2D eigenvalue weighted by molar-refractivity contribution is 0.0576. The fourth-order valence-electron chi connectivity index (χ4n) is 1.15. The van der Waals surface area contributed by atoms with Crippen molar-refractivity contribution in [1.82, 2.24) is 0 Å². The van der Waals surface area contributed by atoms with Crippen LogP contribution in [0, 0.1) is 0 Å². The Labute approximate surface area is 163 Å². The summed E-state index contributed by atoms with van der Waals surface area (Å²) in [5.74, 6) is 0. The van der Waals surface area contributed by atoms with Crippen LogP contribution in [0.4, 0.5) is 14.4 Å². The van der Waals surface area contributed by atoms with E-state index >= 15 is 0 Å². The van der Waals surface area contributed by atoms with Crippen molar-refractivity contribution in [2.75, 3.05) is 19.8 Å². The molecule has 0 aliphatic carbocycles. The molecule has 0 unspecified atom stereocenters. The summed E-state index contributed by atoms with van der Waals surface area (Å²) in [4.78, 5) is 29.9. The average molecular weight is 396 g/mol. The molecule has 1 aromatic carbocycles. The van der Waals surface area contributed by atoms with Gasteiger partial charge in [-0.25, -0.2) is 14.4 Å². The number of hydrogen-bond acceptors (Lipinski definition) is 7. The molecule has 0 aromatic heterocycles. The maximum Gasteiger partial charge on any atom is 0.508 e. The summed E-state index contributed by atoms with van der Waals surface area (Å²) in [5.41, 5.74) is 0.933. The highest BCUT2D eigenvalue weighted by molar-refractivity contribution is 5.60. The fraction of sp³-hybridized carbons (Fsp3) is 0.211. The Morgan fingerprint density at radius 3 is 1.54 bits per heavy atom. The Hall–Kier alpha value is -3.75. The van der Waals surface area contributed by atoms with Gasteiger partial charge in [0.15, 0.2) is 0 Å². The minimum atomic E-state index is -1.26. The lowest BCUT2D eigenvalue weighted by atomic mass is 10.2. The first kappa shape index (κ1) is 26.5. The molecule has 0 aliphatic heterocycles. The van der Waals surface area contributed by atoms with Crippen LogP contribution in [0.15, 0.2) is 68.3 Å². The molecule has 1 aromatic rings. The zero-order valence-corrected chi connectivity index (χ0v) is 15.3. The highest BCUT2D eigenvalue weighted by Crippen LogP contribution is 2.01. The second-order valence-corrected chi connectivity index (χ2v) is 4.36. The van der Waals surface area contributed by atoms with Crippen LogP contribution in [0.1, 0.15) is 5.56 Å². The molecule has 0 saturated heterocycles. The van der Waals surface area contributed by atoms with Crippen molar-refractivity contribution in [1.29, 1.82) is 0 Å². The standard InChI is InChI=1S/C11H12O3.2C4H6O3/c1-2-8-13-11(12)14-9-10-6-4-3-5-7-10;2*1-2-3-7-4(5)6/h2-7H,1,8-9H2;2*2H,1,3H2,(H,5,6). The van der Waals surface area contributed by atoms with Crippen LogP contribution in [0.5, 0.6) is 0 Å². The summed E-state index contributed by atoms with van der Waals surface area (Å²) in [6.45, 7) is 10.4. The second-order valence-electron chi connectivity index (χ2n) is 4.36. The van der Waals surface area contributed by atoms with E-state index in [0.717, 1.165) is 5.56 Å². The zero-order chi connectivity index (χ0) is 21.6. The van der Waals surface area contributed by atoms with Crippen LogP contribution in [0.3, 0.4) is 0 Å². The average Bonchev–Trinajstić information content (AvgIpc) is 2.69. The molecule has 0 saturated carbocycles. The van der Waals surface area contributed by atoms with E-state index in [1.54, 1.807) is 0 Å². The van der Waals surface area contributed by atoms with Gasteiger partial charge in [0.25, 0.3) is 0 Å². The summed E-state index contributed by atoms with van der Waals surface area (Å²) in [6.07, 6.45) is 1.03. The van der Waals surface area contributed by atoms with E-state index in [4.69, 9.17) is 14.9 Å². The van der Waals surface area contributed by atoms with Crippen molar-refractivity contribution in [2.24, 2.45) is 0 Å². The van der Waals surface area contributed by atoms with E-state index in [1.807, 2.05) is 30.3 Å². The molecule has 2 N–H and O–H groups in total. The molecule has 28 heavy (non-hydrogen) atoms. The normalized spacial score (nSPS) is 8.29. The molecule has 0 aliphatic rings. The van der Waals surface area contributed by atoms with Crippen molar-refractivity contribution in [3.8, 4) is 0 Å². The summed E-state index contributed by atoms with van der Waals surface area (Å²) in [5, 5.41) is 15.5. The molecule has 0 heterocycles. The molecule has 0 spiro atoms. The van der Waals surface area contributed by atoms with E-state index in [0.29, 0.717) is 0 Å². The van der Waals surface area contributed by atoms with Crippen LogP contribution in [0.25, 0.3) is 0 Å². The quantitative estimate of drug-likeness (QED) is 0.376. The molecule has 0 amide bonds. The topological polar surface area (TPSA) is 129 Å². The number of carbonyl (C=O) groups excluding carboxylic acids is 1. The van der Waals surface area contributed by atoms with Gasteiger partial charge in [0, 0.05) is 0 Å². The molecule has 9 heteroatoms. The zero-order valence-electron chi connectivity index (χ0n) is 15.3. The molecule has 154 valence electrons. The molecule has 0 radical (unpaired) electrons. The Morgan fingerprint density at radius 2 is 1.18 bits per heavy atom. The maximum absolute atomic E-state index is 10.9. The summed E-state index contributed by atoms with van der Waals surface area (Å²) >= 11 is 0. The van der Waals surface area contributed by atoms with Crippen LogP contribution in [-0.2, 0) is 25.6 Å². The Balaban J connectivity index is 0. The number of carbonyl (C=O) groups is 3. The first-order valence-corrected chi connectivity index (χ1v) is 7.74. The van der Waals surface area contributed by atoms with E-state index in [2.05, 4.69) is 33.9 Å². The van der Waals surface area contributed by atoms with Crippen molar-refractivity contribution in [3.05, 3.63) is 73.9 Å². The van der Waals surface area contributed by atoms with Crippen molar-refractivity contribution >= 4 is 18.5 Å². The van der Waals surface area contributed by atoms with Crippen molar-refractivity contribution in [3.63, 3.8) is 0 Å². The lowest BCUT2D eigenvalue weighted by Crippen LogP contribution is -2.07. The number of ether oxygens (including phenoxy) is 4. The van der Waals surface area contributed by atoms with Crippen LogP contribution < -0.4 is 0 Å². The van der Waals surface area contributed by atoms with Gasteiger partial charge in [0.05, 0.1) is 0 Å². The van der Waals surface area contributed by atoms with Gasteiger partial charge in [0.2, 0.25) is 0 Å². The third kappa shape index (κ3) is 22.2. The number of rotatable bonds is 8. The largest absolute Gasteiger partial charge is 0.508 e. The Bertz CT molecular complexity index is 575. The number of carboxylic acid groups (broad SMARTS) is 2. The van der Waals surface area contributed by atoms with Gasteiger partial charge in [0.1, 0.15) is 26.4 Å². The fourth-order valence-corrected chi connectivity index (χ4v) is 1.15. The smallest absolute Gasteiger partial charge is 0.450 e. The summed E-state index contributed by atoms with van der Waals surface area (Å²) in [6, 6.07) is 9.42. The summed E-state index contributed by atoms with van der Waals surface area (Å²) in [7, 11) is 0. The lowest BCUT2D eigenvalue weighted by Gasteiger charge is -2.03. The molecule has 0 atom stereocenters. The molecular formula is C19H24O9. The highest BCUT2D eigenvalue weighted by atomic mass is 16.7. The van der Waals surface area contributed by atoms with Crippen molar-refractivity contribution < 1.29 is 43.5 Å². The minimum Gasteiger partial charge on any atom is -0.450 e. The van der Waals surface area contributed by atoms with Crippen LogP contribution >= 0.6 is 0 Å². The number of hydrogen-bond donors (Lipinski definition) is 2. The van der Waals surface area contributed by atoms with Gasteiger partial charge in [-0.05, 0) is 5.56 Å². The third-order valence-electron chi connectivity index (χ3n) is 2.17. The number of benzene rings is 1. The van der Waals surface area contributed by atoms with Crippen LogP contribution in [0.2, 0.25) is 0 Å². The molecule has 0 bridgehead atoms. The third-order valence-corrected chi connectivity index (χ3v) is 2.17. The van der Waals surface area contributed by atoms with Gasteiger partial charge in [-0.15, -0.1) is 0 Å². The van der Waals surface area contributed by atoms with E-state index in [-0.39, 0.29) is 26.4 Å². The van der Waals surface area contributed by atoms with Gasteiger partial charge in [-0.3, -0.25) is 0 Å². The van der Waals surface area contributed by atoms with Gasteiger partial charge in [-0.2, -0.15) is 0 Å².